The van der Waals surface area contributed by atoms with E-state index in [9.17, 15) is 9.59 Å². The number of aromatic nitrogens is 2. The minimum Gasteiger partial charge on any atom is -0.370 e. The molecule has 0 aliphatic rings. The number of aromatic amines is 1. The number of nitrogens with two attached hydrogens (primary N) is 1. The predicted molar refractivity (Wildman–Crippen MR) is 116 cm³/mol. The van der Waals surface area contributed by atoms with Gasteiger partial charge in [-0.2, -0.15) is 0 Å². The fourth-order valence-corrected chi connectivity index (χ4v) is 4.75. The summed E-state index contributed by atoms with van der Waals surface area (Å²) < 4.78 is 0. The molecule has 2 aromatic heterocycles. The van der Waals surface area contributed by atoms with Gasteiger partial charge in [0.2, 0.25) is 5.91 Å². The molecule has 0 spiro atoms. The lowest BCUT2D eigenvalue weighted by Crippen LogP contribution is -2.12. The second kappa shape index (κ2) is 8.00. The minimum absolute atomic E-state index is 0.171. The van der Waals surface area contributed by atoms with Gasteiger partial charge in [-0.15, -0.1) is 11.3 Å². The highest BCUT2D eigenvalue weighted by molar-refractivity contribution is 7.99. The van der Waals surface area contributed by atoms with Crippen molar-refractivity contribution in [3.63, 3.8) is 0 Å². The molecule has 2 heterocycles. The van der Waals surface area contributed by atoms with Gasteiger partial charge in [-0.1, -0.05) is 66.4 Å². The fourth-order valence-electron chi connectivity index (χ4n) is 2.93. The number of H-pyrrole nitrogens is 1. The Balaban J connectivity index is 1.64. The standard InChI is InChI=1S/C21H17N3O2S2/c22-17(25)10-11-27-21-23-19(26)18-16(12-28-20(18)24-21)15-8-6-14(7-9-15)13-4-2-1-3-5-13/h1-9,12H,10-11H2,(H2,22,25)(H,23,24,26). The van der Waals surface area contributed by atoms with Crippen molar-refractivity contribution in [1.29, 1.82) is 0 Å². The van der Waals surface area contributed by atoms with Crippen molar-refractivity contribution < 1.29 is 4.79 Å². The van der Waals surface area contributed by atoms with E-state index >= 15 is 0 Å². The Kier molecular flexibility index (Phi) is 5.27. The van der Waals surface area contributed by atoms with Gasteiger partial charge in [-0.25, -0.2) is 4.98 Å². The van der Waals surface area contributed by atoms with Crippen LogP contribution in [0.5, 0.6) is 0 Å². The number of thioether (sulfide) groups is 1. The summed E-state index contributed by atoms with van der Waals surface area (Å²) in [6.45, 7) is 0. The van der Waals surface area contributed by atoms with E-state index in [0.717, 1.165) is 22.3 Å². The molecule has 0 unspecified atom stereocenters. The molecule has 0 fully saturated rings. The van der Waals surface area contributed by atoms with E-state index in [0.29, 0.717) is 21.1 Å². The van der Waals surface area contributed by atoms with Crippen molar-refractivity contribution in [2.45, 2.75) is 11.6 Å². The minimum atomic E-state index is -0.367. The number of thiophene rings is 1. The third-order valence-corrected chi connectivity index (χ3v) is 6.06. The maximum Gasteiger partial charge on any atom is 0.260 e. The number of benzene rings is 2. The average Bonchev–Trinajstić information content (AvgIpc) is 3.13. The highest BCUT2D eigenvalue weighted by Crippen LogP contribution is 2.32. The number of amides is 1. The molecule has 7 heteroatoms. The normalized spacial score (nSPS) is 11.0. The van der Waals surface area contributed by atoms with Crippen molar-refractivity contribution >= 4 is 39.2 Å². The molecule has 0 aliphatic heterocycles. The molecule has 0 aliphatic carbocycles. The van der Waals surface area contributed by atoms with Crippen LogP contribution in [0.15, 0.2) is 69.9 Å². The Bertz CT molecular complexity index is 1180. The number of hydrogen-bond acceptors (Lipinski definition) is 5. The van der Waals surface area contributed by atoms with Crippen LogP contribution < -0.4 is 11.3 Å². The average molecular weight is 408 g/mol. The van der Waals surface area contributed by atoms with Crippen LogP contribution in [0.25, 0.3) is 32.5 Å². The first-order valence-corrected chi connectivity index (χ1v) is 10.6. The summed E-state index contributed by atoms with van der Waals surface area (Å²) in [5.74, 6) is 0.122. The highest BCUT2D eigenvalue weighted by Gasteiger charge is 2.13. The molecule has 0 saturated heterocycles. The van der Waals surface area contributed by atoms with E-state index in [4.69, 9.17) is 5.73 Å². The molecule has 4 aromatic rings. The van der Waals surface area contributed by atoms with Crippen molar-refractivity contribution in [3.05, 3.63) is 70.3 Å². The second-order valence-corrected chi connectivity index (χ2v) is 8.15. The maximum atomic E-state index is 12.6. The molecular weight excluding hydrogens is 390 g/mol. The van der Waals surface area contributed by atoms with Crippen LogP contribution in [0, 0.1) is 0 Å². The fraction of sp³-hybridized carbons (Fsp3) is 0.0952. The number of carbonyl (C=O) groups excluding carboxylic acids is 1. The van der Waals surface area contributed by atoms with Gasteiger partial charge < -0.3 is 10.7 Å². The molecule has 5 nitrogen and oxygen atoms in total. The summed E-state index contributed by atoms with van der Waals surface area (Å²) in [4.78, 5) is 31.5. The predicted octanol–water partition coefficient (Wildman–Crippen LogP) is 4.29. The summed E-state index contributed by atoms with van der Waals surface area (Å²) in [5.41, 5.74) is 9.12. The molecule has 3 N–H and O–H groups in total. The van der Waals surface area contributed by atoms with Crippen LogP contribution in [-0.2, 0) is 4.79 Å². The Morgan fingerprint density at radius 2 is 1.71 bits per heavy atom. The summed E-state index contributed by atoms with van der Waals surface area (Å²) in [7, 11) is 0. The van der Waals surface area contributed by atoms with Gasteiger partial charge in [-0.3, -0.25) is 9.59 Å². The summed E-state index contributed by atoms with van der Waals surface area (Å²) in [5, 5.41) is 3.06. The molecule has 2 aromatic carbocycles. The van der Waals surface area contributed by atoms with Gasteiger partial charge in [0.25, 0.3) is 5.56 Å². The van der Waals surface area contributed by atoms with Gasteiger partial charge in [0.15, 0.2) is 5.16 Å². The third kappa shape index (κ3) is 3.85. The van der Waals surface area contributed by atoms with E-state index < -0.39 is 0 Å². The van der Waals surface area contributed by atoms with Gasteiger partial charge in [0.1, 0.15) is 4.83 Å². The molecule has 0 saturated carbocycles. The van der Waals surface area contributed by atoms with E-state index in [2.05, 4.69) is 34.2 Å². The Labute approximate surface area is 169 Å². The first-order valence-electron chi connectivity index (χ1n) is 8.70. The number of hydrogen-bond donors (Lipinski definition) is 2. The summed E-state index contributed by atoms with van der Waals surface area (Å²) >= 11 is 2.76. The lowest BCUT2D eigenvalue weighted by atomic mass is 10.0. The summed E-state index contributed by atoms with van der Waals surface area (Å²) in [6.07, 6.45) is 0.246. The number of fused-ring (bicyclic) bond motifs is 1. The molecule has 0 atom stereocenters. The molecule has 0 bridgehead atoms. The van der Waals surface area contributed by atoms with E-state index in [1.807, 2.05) is 35.7 Å². The van der Waals surface area contributed by atoms with E-state index in [1.54, 1.807) is 0 Å². The molecule has 1 amide bonds. The van der Waals surface area contributed by atoms with Crippen molar-refractivity contribution in [2.75, 3.05) is 5.75 Å². The van der Waals surface area contributed by atoms with Crippen LogP contribution in [0.3, 0.4) is 0 Å². The van der Waals surface area contributed by atoms with Crippen LogP contribution in [0.1, 0.15) is 6.42 Å². The monoisotopic (exact) mass is 407 g/mol. The van der Waals surface area contributed by atoms with Gasteiger partial charge in [0.05, 0.1) is 5.39 Å². The van der Waals surface area contributed by atoms with E-state index in [-0.39, 0.29) is 17.9 Å². The second-order valence-electron chi connectivity index (χ2n) is 6.21. The number of nitrogens with zero attached hydrogens (tertiary/aromatic N) is 1. The lowest BCUT2D eigenvalue weighted by molar-refractivity contribution is -0.117. The van der Waals surface area contributed by atoms with Gasteiger partial charge >= 0.3 is 0 Å². The zero-order valence-corrected chi connectivity index (χ0v) is 16.5. The van der Waals surface area contributed by atoms with Crippen molar-refractivity contribution in [3.8, 4) is 22.3 Å². The van der Waals surface area contributed by atoms with Crippen molar-refractivity contribution in [2.24, 2.45) is 5.73 Å². The number of carbonyl (C=O) groups is 1. The molecule has 4 rings (SSSR count). The van der Waals surface area contributed by atoms with Crippen LogP contribution in [0.2, 0.25) is 0 Å². The quantitative estimate of drug-likeness (QED) is 0.369. The zero-order valence-electron chi connectivity index (χ0n) is 14.8. The Morgan fingerprint density at radius 1 is 1.04 bits per heavy atom. The molecule has 140 valence electrons. The number of nitrogens with one attached hydrogen (secondary N) is 1. The lowest BCUT2D eigenvalue weighted by Gasteiger charge is -2.04. The summed E-state index contributed by atoms with van der Waals surface area (Å²) in [6, 6.07) is 18.3. The van der Waals surface area contributed by atoms with E-state index in [1.165, 1.54) is 23.1 Å². The van der Waals surface area contributed by atoms with Gasteiger partial charge in [0, 0.05) is 23.1 Å². The molecular formula is C21H17N3O2S2. The highest BCUT2D eigenvalue weighted by atomic mass is 32.2. The Hall–Kier alpha value is -2.90. The first kappa shape index (κ1) is 18.5. The van der Waals surface area contributed by atoms with Crippen LogP contribution >= 0.6 is 23.1 Å². The zero-order chi connectivity index (χ0) is 19.5. The molecule has 0 radical (unpaired) electrons. The molecule has 28 heavy (non-hydrogen) atoms. The largest absolute Gasteiger partial charge is 0.370 e. The topological polar surface area (TPSA) is 88.8 Å². The van der Waals surface area contributed by atoms with Crippen LogP contribution in [0.4, 0.5) is 0 Å². The SMILES string of the molecule is NC(=O)CCSc1nc2scc(-c3ccc(-c4ccccc4)cc3)c2c(=O)[nH]1. The third-order valence-electron chi connectivity index (χ3n) is 4.31. The van der Waals surface area contributed by atoms with Crippen molar-refractivity contribution in [1.82, 2.24) is 9.97 Å². The number of rotatable bonds is 6. The first-order chi connectivity index (χ1) is 13.6. The maximum absolute atomic E-state index is 12.6. The van der Waals surface area contributed by atoms with Gasteiger partial charge in [-0.05, 0) is 16.7 Å². The Morgan fingerprint density at radius 3 is 2.43 bits per heavy atom. The number of primary amides is 1. The smallest absolute Gasteiger partial charge is 0.260 e. The van der Waals surface area contributed by atoms with Crippen LogP contribution in [-0.4, -0.2) is 21.6 Å².